The lowest BCUT2D eigenvalue weighted by molar-refractivity contribution is 0.375. The van der Waals surface area contributed by atoms with Crippen molar-refractivity contribution in [3.05, 3.63) is 42.5 Å². The molecule has 100 valence electrons. The number of allylic oxidation sites excluding steroid dienone is 1. The van der Waals surface area contributed by atoms with Crippen LogP contribution in [0.4, 0.5) is 4.39 Å². The molecular formula is C17H25F. The highest BCUT2D eigenvalue weighted by Gasteiger charge is 2.11. The van der Waals surface area contributed by atoms with Gasteiger partial charge in [0.2, 0.25) is 0 Å². The minimum Gasteiger partial charge on any atom is -0.242 e. The Hall–Kier alpha value is -1.11. The molecule has 1 rings (SSSR count). The number of alkyl halides is 1. The molecule has 0 aliphatic heterocycles. The molecule has 0 aromatic heterocycles. The number of benzene rings is 1. The lowest BCUT2D eigenvalue weighted by atomic mass is 9.98. The van der Waals surface area contributed by atoms with Gasteiger partial charge in [-0.2, -0.15) is 0 Å². The molecule has 1 unspecified atom stereocenters. The SMILES string of the molecule is C=C(c1ccccc1)C(F)CCCCCCCC. The lowest BCUT2D eigenvalue weighted by Crippen LogP contribution is -2.02. The van der Waals surface area contributed by atoms with Gasteiger partial charge < -0.3 is 0 Å². The zero-order chi connectivity index (χ0) is 13.2. The Morgan fingerprint density at radius 1 is 1.06 bits per heavy atom. The van der Waals surface area contributed by atoms with Crippen molar-refractivity contribution in [3.63, 3.8) is 0 Å². The fourth-order valence-corrected chi connectivity index (χ4v) is 2.11. The van der Waals surface area contributed by atoms with Crippen molar-refractivity contribution in [1.82, 2.24) is 0 Å². The van der Waals surface area contributed by atoms with E-state index >= 15 is 0 Å². The molecule has 1 aromatic rings. The molecule has 0 saturated carbocycles. The van der Waals surface area contributed by atoms with Crippen molar-refractivity contribution in [2.45, 2.75) is 58.0 Å². The van der Waals surface area contributed by atoms with E-state index in [1.165, 1.54) is 25.7 Å². The Bertz CT molecular complexity index is 329. The second-order valence-corrected chi connectivity index (χ2v) is 4.92. The highest BCUT2D eigenvalue weighted by atomic mass is 19.1. The van der Waals surface area contributed by atoms with Crippen LogP contribution >= 0.6 is 0 Å². The van der Waals surface area contributed by atoms with E-state index in [0.29, 0.717) is 12.0 Å². The average molecular weight is 248 g/mol. The van der Waals surface area contributed by atoms with Gasteiger partial charge in [-0.15, -0.1) is 0 Å². The van der Waals surface area contributed by atoms with Gasteiger partial charge in [-0.1, -0.05) is 82.4 Å². The molecule has 1 aromatic carbocycles. The Balaban J connectivity index is 2.20. The maximum atomic E-state index is 14.0. The number of hydrogen-bond donors (Lipinski definition) is 0. The van der Waals surface area contributed by atoms with Gasteiger partial charge in [0.1, 0.15) is 6.17 Å². The summed E-state index contributed by atoms with van der Waals surface area (Å²) >= 11 is 0. The molecule has 0 amide bonds. The summed E-state index contributed by atoms with van der Waals surface area (Å²) in [5.41, 5.74) is 1.56. The molecule has 0 bridgehead atoms. The van der Waals surface area contributed by atoms with Gasteiger partial charge in [0.05, 0.1) is 0 Å². The summed E-state index contributed by atoms with van der Waals surface area (Å²) in [5.74, 6) is 0. The van der Waals surface area contributed by atoms with Gasteiger partial charge in [-0.3, -0.25) is 0 Å². The van der Waals surface area contributed by atoms with Gasteiger partial charge in [-0.05, 0) is 17.6 Å². The predicted octanol–water partition coefficient (Wildman–Crippen LogP) is 5.79. The zero-order valence-corrected chi connectivity index (χ0v) is 11.5. The highest BCUT2D eigenvalue weighted by Crippen LogP contribution is 2.23. The molecule has 0 saturated heterocycles. The van der Waals surface area contributed by atoms with Crippen molar-refractivity contribution in [2.24, 2.45) is 0 Å². The second kappa shape index (κ2) is 8.91. The molecule has 0 fully saturated rings. The van der Waals surface area contributed by atoms with E-state index in [9.17, 15) is 4.39 Å². The van der Waals surface area contributed by atoms with E-state index in [1.807, 2.05) is 30.3 Å². The molecule has 0 nitrogen and oxygen atoms in total. The summed E-state index contributed by atoms with van der Waals surface area (Å²) in [7, 11) is 0. The first-order valence-corrected chi connectivity index (χ1v) is 7.14. The lowest BCUT2D eigenvalue weighted by Gasteiger charge is -2.11. The number of halogens is 1. The van der Waals surface area contributed by atoms with Crippen LogP contribution < -0.4 is 0 Å². The predicted molar refractivity (Wildman–Crippen MR) is 78.4 cm³/mol. The first-order valence-electron chi connectivity index (χ1n) is 7.14. The average Bonchev–Trinajstić information content (AvgIpc) is 2.42. The molecule has 18 heavy (non-hydrogen) atoms. The molecule has 0 aliphatic rings. The molecular weight excluding hydrogens is 223 g/mol. The first-order chi connectivity index (χ1) is 8.75. The fraction of sp³-hybridized carbons (Fsp3) is 0.529. The van der Waals surface area contributed by atoms with Crippen molar-refractivity contribution >= 4 is 5.57 Å². The standard InChI is InChI=1S/C17H25F/c1-3-4-5-6-7-11-14-17(18)15(2)16-12-9-8-10-13-16/h8-10,12-13,17H,2-7,11,14H2,1H3. The third-order valence-electron chi connectivity index (χ3n) is 3.33. The van der Waals surface area contributed by atoms with Crippen LogP contribution in [0.1, 0.15) is 57.4 Å². The smallest absolute Gasteiger partial charge is 0.125 e. The van der Waals surface area contributed by atoms with Gasteiger partial charge in [-0.25, -0.2) is 4.39 Å². The molecule has 0 spiro atoms. The zero-order valence-electron chi connectivity index (χ0n) is 11.5. The van der Waals surface area contributed by atoms with E-state index in [2.05, 4.69) is 13.5 Å². The molecule has 0 radical (unpaired) electrons. The second-order valence-electron chi connectivity index (χ2n) is 4.92. The van der Waals surface area contributed by atoms with Gasteiger partial charge >= 0.3 is 0 Å². The summed E-state index contributed by atoms with van der Waals surface area (Å²) in [5, 5.41) is 0. The van der Waals surface area contributed by atoms with E-state index in [4.69, 9.17) is 0 Å². The van der Waals surface area contributed by atoms with Crippen LogP contribution in [0, 0.1) is 0 Å². The van der Waals surface area contributed by atoms with Crippen molar-refractivity contribution in [2.75, 3.05) is 0 Å². The molecule has 0 N–H and O–H groups in total. The summed E-state index contributed by atoms with van der Waals surface area (Å²) in [6, 6.07) is 9.65. The quantitative estimate of drug-likeness (QED) is 0.485. The van der Waals surface area contributed by atoms with Crippen LogP contribution in [-0.2, 0) is 0 Å². The van der Waals surface area contributed by atoms with Gasteiger partial charge in [0, 0.05) is 0 Å². The summed E-state index contributed by atoms with van der Waals surface area (Å²) < 4.78 is 14.0. The molecule has 0 aliphatic carbocycles. The largest absolute Gasteiger partial charge is 0.242 e. The Morgan fingerprint density at radius 3 is 2.33 bits per heavy atom. The highest BCUT2D eigenvalue weighted by molar-refractivity contribution is 5.66. The van der Waals surface area contributed by atoms with Crippen LogP contribution in [0.3, 0.4) is 0 Å². The van der Waals surface area contributed by atoms with Crippen molar-refractivity contribution in [3.8, 4) is 0 Å². The Morgan fingerprint density at radius 2 is 1.67 bits per heavy atom. The topological polar surface area (TPSA) is 0 Å². The molecule has 0 heterocycles. The minimum atomic E-state index is -0.890. The van der Waals surface area contributed by atoms with Crippen molar-refractivity contribution < 1.29 is 4.39 Å². The third kappa shape index (κ3) is 5.48. The molecule has 1 heteroatoms. The number of unbranched alkanes of at least 4 members (excludes halogenated alkanes) is 5. The van der Waals surface area contributed by atoms with Crippen LogP contribution in [0.2, 0.25) is 0 Å². The van der Waals surface area contributed by atoms with Crippen LogP contribution in [0.15, 0.2) is 36.9 Å². The van der Waals surface area contributed by atoms with Crippen molar-refractivity contribution in [1.29, 1.82) is 0 Å². The summed E-state index contributed by atoms with van der Waals surface area (Å²) in [6.45, 7) is 6.09. The van der Waals surface area contributed by atoms with Crippen LogP contribution in [0.25, 0.3) is 5.57 Å². The normalized spacial score (nSPS) is 12.3. The van der Waals surface area contributed by atoms with Gasteiger partial charge in [0.15, 0.2) is 0 Å². The van der Waals surface area contributed by atoms with E-state index in [1.54, 1.807) is 0 Å². The minimum absolute atomic E-state index is 0.611. The third-order valence-corrected chi connectivity index (χ3v) is 3.33. The van der Waals surface area contributed by atoms with Crippen LogP contribution in [-0.4, -0.2) is 6.17 Å². The Labute approximate surface area is 111 Å². The van der Waals surface area contributed by atoms with E-state index < -0.39 is 6.17 Å². The van der Waals surface area contributed by atoms with E-state index in [0.717, 1.165) is 18.4 Å². The summed E-state index contributed by atoms with van der Waals surface area (Å²) in [4.78, 5) is 0. The first kappa shape index (κ1) is 14.9. The van der Waals surface area contributed by atoms with E-state index in [-0.39, 0.29) is 0 Å². The number of hydrogen-bond acceptors (Lipinski definition) is 0. The van der Waals surface area contributed by atoms with Gasteiger partial charge in [0.25, 0.3) is 0 Å². The number of rotatable bonds is 9. The Kier molecular flexibility index (Phi) is 7.40. The fourth-order valence-electron chi connectivity index (χ4n) is 2.11. The maximum Gasteiger partial charge on any atom is 0.125 e. The van der Waals surface area contributed by atoms with Crippen LogP contribution in [0.5, 0.6) is 0 Å². The molecule has 1 atom stereocenters. The monoisotopic (exact) mass is 248 g/mol. The summed E-state index contributed by atoms with van der Waals surface area (Å²) in [6.07, 6.45) is 6.91. The maximum absolute atomic E-state index is 14.0.